The van der Waals surface area contributed by atoms with Crippen LogP contribution in [0.15, 0.2) is 112 Å². The minimum atomic E-state index is -0.795. The van der Waals surface area contributed by atoms with Crippen LogP contribution in [0.1, 0.15) is 49.4 Å². The van der Waals surface area contributed by atoms with E-state index in [2.05, 4.69) is 22.9 Å². The van der Waals surface area contributed by atoms with E-state index in [9.17, 15) is 9.59 Å². The van der Waals surface area contributed by atoms with E-state index in [1.54, 1.807) is 18.6 Å². The van der Waals surface area contributed by atoms with Gasteiger partial charge in [0.2, 0.25) is 0 Å². The first-order valence-electron chi connectivity index (χ1n) is 16.0. The first-order valence-corrected chi connectivity index (χ1v) is 17.2. The molecule has 2 aromatic heterocycles. The van der Waals surface area contributed by atoms with Crippen LogP contribution < -0.4 is 19.6 Å². The summed E-state index contributed by atoms with van der Waals surface area (Å²) in [5, 5.41) is 3.59. The number of benzene rings is 4. The van der Waals surface area contributed by atoms with Crippen LogP contribution in [0.5, 0.6) is 5.75 Å². The van der Waals surface area contributed by atoms with Gasteiger partial charge in [-0.2, -0.15) is 0 Å². The molecule has 9 heteroatoms. The number of halogens is 1. The van der Waals surface area contributed by atoms with Crippen LogP contribution in [0.2, 0.25) is 5.02 Å². The Kier molecular flexibility index (Phi) is 8.77. The highest BCUT2D eigenvalue weighted by molar-refractivity contribution is 7.07. The molecule has 7 nitrogen and oxygen atoms in total. The number of thiazole rings is 1. The molecule has 1 atom stereocenters. The number of rotatable bonds is 9. The van der Waals surface area contributed by atoms with E-state index in [-0.39, 0.29) is 12.2 Å². The molecule has 4 aromatic carbocycles. The first kappa shape index (κ1) is 31.7. The van der Waals surface area contributed by atoms with E-state index in [4.69, 9.17) is 26.1 Å². The Hall–Kier alpha value is -4.92. The van der Waals surface area contributed by atoms with E-state index < -0.39 is 12.0 Å². The van der Waals surface area contributed by atoms with Gasteiger partial charge in [-0.1, -0.05) is 96.9 Å². The summed E-state index contributed by atoms with van der Waals surface area (Å²) in [6, 6.07) is 27.0. The van der Waals surface area contributed by atoms with Gasteiger partial charge in [0.05, 0.1) is 29.5 Å². The van der Waals surface area contributed by atoms with Crippen molar-refractivity contribution in [1.82, 2.24) is 9.13 Å². The van der Waals surface area contributed by atoms with Gasteiger partial charge in [-0.15, -0.1) is 0 Å². The number of esters is 1. The van der Waals surface area contributed by atoms with Gasteiger partial charge in [0.25, 0.3) is 5.56 Å². The van der Waals surface area contributed by atoms with Crippen LogP contribution in [-0.4, -0.2) is 28.8 Å². The molecular weight excluding hydrogens is 642 g/mol. The van der Waals surface area contributed by atoms with E-state index in [1.165, 1.54) is 11.3 Å². The molecule has 0 amide bonds. The Labute approximate surface area is 286 Å². The zero-order valence-corrected chi connectivity index (χ0v) is 28.5. The summed E-state index contributed by atoms with van der Waals surface area (Å²) in [6.45, 7) is 4.68. The zero-order chi connectivity index (χ0) is 33.4. The number of nitrogens with zero attached hydrogens (tertiary/aromatic N) is 3. The molecule has 6 aromatic rings. The smallest absolute Gasteiger partial charge is 0.338 e. The molecule has 242 valence electrons. The van der Waals surface area contributed by atoms with Crippen LogP contribution >= 0.6 is 22.9 Å². The molecule has 0 unspecified atom stereocenters. The molecule has 0 spiro atoms. The SMILES string of the molecule is CCCC1=C(C(=O)OCC)[C@H](c2c(OC)ccc3ccccc23)n2c(s/c(=C/c3cn(Cc4ccc(Cl)cc4)c4ccccc34)c2=O)=N1. The Bertz CT molecular complexity index is 2400. The second-order valence-corrected chi connectivity index (χ2v) is 13.1. The van der Waals surface area contributed by atoms with Gasteiger partial charge in [0.15, 0.2) is 4.80 Å². The van der Waals surface area contributed by atoms with E-state index >= 15 is 0 Å². The van der Waals surface area contributed by atoms with Crippen molar-refractivity contribution in [3.8, 4) is 5.75 Å². The van der Waals surface area contributed by atoms with E-state index in [0.717, 1.165) is 44.8 Å². The highest BCUT2D eigenvalue weighted by Gasteiger charge is 2.37. The van der Waals surface area contributed by atoms with Gasteiger partial charge >= 0.3 is 5.97 Å². The summed E-state index contributed by atoms with van der Waals surface area (Å²) < 4.78 is 15.9. The topological polar surface area (TPSA) is 74.8 Å². The number of aromatic nitrogens is 2. The second kappa shape index (κ2) is 13.3. The molecule has 0 N–H and O–H groups in total. The van der Waals surface area contributed by atoms with Crippen molar-refractivity contribution >= 4 is 56.7 Å². The van der Waals surface area contributed by atoms with Gasteiger partial charge in [-0.05, 0) is 60.0 Å². The Balaban J connectivity index is 1.47. The number of fused-ring (bicyclic) bond motifs is 3. The maximum atomic E-state index is 14.6. The fourth-order valence-corrected chi connectivity index (χ4v) is 7.72. The van der Waals surface area contributed by atoms with Gasteiger partial charge in [0.1, 0.15) is 11.8 Å². The Morgan fingerprint density at radius 3 is 2.48 bits per heavy atom. The fourth-order valence-electron chi connectivity index (χ4n) is 6.58. The molecule has 0 saturated carbocycles. The number of para-hydroxylation sites is 1. The number of hydrogen-bond acceptors (Lipinski definition) is 6. The largest absolute Gasteiger partial charge is 0.496 e. The number of carbonyl (C=O) groups is 1. The third kappa shape index (κ3) is 5.65. The highest BCUT2D eigenvalue weighted by atomic mass is 35.5. The van der Waals surface area contributed by atoms with Crippen LogP contribution in [0.4, 0.5) is 0 Å². The minimum Gasteiger partial charge on any atom is -0.496 e. The quantitative estimate of drug-likeness (QED) is 0.150. The maximum absolute atomic E-state index is 14.6. The molecule has 0 saturated heterocycles. The Morgan fingerprint density at radius 2 is 1.73 bits per heavy atom. The van der Waals surface area contributed by atoms with E-state index in [0.29, 0.717) is 44.3 Å². The number of carbonyl (C=O) groups excluding carboxylic acids is 1. The van der Waals surface area contributed by atoms with Crippen molar-refractivity contribution in [1.29, 1.82) is 0 Å². The summed E-state index contributed by atoms with van der Waals surface area (Å²) in [5.41, 5.74) is 4.59. The highest BCUT2D eigenvalue weighted by Crippen LogP contribution is 2.41. The van der Waals surface area contributed by atoms with Gasteiger partial charge in [0, 0.05) is 39.8 Å². The molecule has 1 aliphatic rings. The molecule has 48 heavy (non-hydrogen) atoms. The number of methoxy groups -OCH3 is 1. The summed E-state index contributed by atoms with van der Waals surface area (Å²) >= 11 is 7.47. The molecule has 0 bridgehead atoms. The minimum absolute atomic E-state index is 0.200. The van der Waals surface area contributed by atoms with Crippen molar-refractivity contribution in [2.45, 2.75) is 39.3 Å². The second-order valence-electron chi connectivity index (χ2n) is 11.7. The van der Waals surface area contributed by atoms with E-state index in [1.807, 2.05) is 85.8 Å². The summed E-state index contributed by atoms with van der Waals surface area (Å²) in [4.78, 5) is 34.0. The van der Waals surface area contributed by atoms with Gasteiger partial charge in [-0.3, -0.25) is 9.36 Å². The first-order chi connectivity index (χ1) is 23.4. The summed E-state index contributed by atoms with van der Waals surface area (Å²) in [7, 11) is 1.61. The van der Waals surface area contributed by atoms with Gasteiger partial charge in [-0.25, -0.2) is 9.79 Å². The lowest BCUT2D eigenvalue weighted by atomic mass is 9.90. The summed E-state index contributed by atoms with van der Waals surface area (Å²) in [6.07, 6.45) is 5.34. The van der Waals surface area contributed by atoms with Crippen LogP contribution in [-0.2, 0) is 16.1 Å². The average Bonchev–Trinajstić information content (AvgIpc) is 3.60. The van der Waals surface area contributed by atoms with Crippen LogP contribution in [0.3, 0.4) is 0 Å². The third-order valence-electron chi connectivity index (χ3n) is 8.69. The number of hydrogen-bond donors (Lipinski definition) is 0. The van der Waals surface area contributed by atoms with Crippen LogP contribution in [0, 0.1) is 0 Å². The normalized spacial score (nSPS) is 14.8. The maximum Gasteiger partial charge on any atom is 0.338 e. The third-order valence-corrected chi connectivity index (χ3v) is 9.92. The molecule has 0 radical (unpaired) electrons. The standard InChI is InChI=1S/C39H34ClN3O4S/c1-4-10-30-35(38(45)47-5-2)36(34-29-13-7-6-11-25(29)17-20-32(34)46-3)43-37(44)33(48-39(43)41-30)21-26-23-42(31-14-9-8-12-28(26)31)22-24-15-18-27(40)19-16-24/h6-9,11-21,23,36H,4-5,10,22H2,1-3H3/b33-21+/t36-/m0/s1. The van der Waals surface area contributed by atoms with Crippen molar-refractivity contribution < 1.29 is 14.3 Å². The fraction of sp³-hybridized carbons (Fsp3) is 0.205. The van der Waals surface area contributed by atoms with Gasteiger partial charge < -0.3 is 14.0 Å². The molecular formula is C39H34ClN3O4S. The molecule has 7 rings (SSSR count). The zero-order valence-electron chi connectivity index (χ0n) is 26.9. The number of ether oxygens (including phenoxy) is 2. The predicted molar refractivity (Wildman–Crippen MR) is 193 cm³/mol. The lowest BCUT2D eigenvalue weighted by Crippen LogP contribution is -2.40. The predicted octanol–water partition coefficient (Wildman–Crippen LogP) is 7.40. The lowest BCUT2D eigenvalue weighted by Gasteiger charge is -2.28. The molecule has 1 aliphatic heterocycles. The lowest BCUT2D eigenvalue weighted by molar-refractivity contribution is -0.139. The monoisotopic (exact) mass is 675 g/mol. The molecule has 0 aliphatic carbocycles. The van der Waals surface area contributed by atoms with Crippen LogP contribution in [0.25, 0.3) is 27.8 Å². The average molecular weight is 676 g/mol. The van der Waals surface area contributed by atoms with Crippen molar-refractivity contribution in [2.75, 3.05) is 13.7 Å². The Morgan fingerprint density at radius 1 is 0.979 bits per heavy atom. The molecule has 3 heterocycles. The van der Waals surface area contributed by atoms with Crippen molar-refractivity contribution in [3.63, 3.8) is 0 Å². The molecule has 0 fully saturated rings. The number of allylic oxidation sites excluding steroid dienone is 1. The summed E-state index contributed by atoms with van der Waals surface area (Å²) in [5.74, 6) is 0.0994. The van der Waals surface area contributed by atoms with Crippen molar-refractivity contribution in [2.24, 2.45) is 4.99 Å². The van der Waals surface area contributed by atoms with Crippen molar-refractivity contribution in [3.05, 3.63) is 144 Å².